The summed E-state index contributed by atoms with van der Waals surface area (Å²) in [4.78, 5) is 13.8. The molecule has 1 aliphatic carbocycles. The second kappa shape index (κ2) is 9.18. The standard InChI is InChI=1S/C22H28N2O4S2/c1-16-7-10-21(29-16)30(26,27)24-11-3-5-19(13-24)22(25)23-20-6-2-4-18(12-20)15-28-14-17-8-9-17/h2,4,6-7,10,12,17,19H,3,5,8-9,11,13-15H2,1H3,(H,23,25). The number of nitrogens with zero attached hydrogens (tertiary/aromatic N) is 1. The summed E-state index contributed by atoms with van der Waals surface area (Å²) in [6, 6.07) is 11.1. The maximum atomic E-state index is 12.9. The summed E-state index contributed by atoms with van der Waals surface area (Å²) in [7, 11) is -3.54. The van der Waals surface area contributed by atoms with Gasteiger partial charge in [-0.3, -0.25) is 4.79 Å². The monoisotopic (exact) mass is 448 g/mol. The van der Waals surface area contributed by atoms with Crippen molar-refractivity contribution in [3.8, 4) is 0 Å². The second-order valence-corrected chi connectivity index (χ2v) is 11.7. The predicted octanol–water partition coefficient (Wildman–Crippen LogP) is 4.02. The lowest BCUT2D eigenvalue weighted by Gasteiger charge is -2.30. The molecule has 1 aromatic carbocycles. The van der Waals surface area contributed by atoms with Gasteiger partial charge in [-0.2, -0.15) is 4.31 Å². The minimum Gasteiger partial charge on any atom is -0.376 e. The molecule has 2 aromatic rings. The summed E-state index contributed by atoms with van der Waals surface area (Å²) in [6.07, 6.45) is 3.88. The van der Waals surface area contributed by atoms with Crippen molar-refractivity contribution in [2.45, 2.75) is 43.4 Å². The van der Waals surface area contributed by atoms with E-state index in [2.05, 4.69) is 5.32 Å². The van der Waals surface area contributed by atoms with Gasteiger partial charge >= 0.3 is 0 Å². The van der Waals surface area contributed by atoms with Crippen molar-refractivity contribution in [2.75, 3.05) is 25.0 Å². The maximum Gasteiger partial charge on any atom is 0.252 e. The molecular weight excluding hydrogens is 420 g/mol. The normalized spacial score (nSPS) is 20.2. The summed E-state index contributed by atoms with van der Waals surface area (Å²) < 4.78 is 33.4. The molecule has 1 aromatic heterocycles. The van der Waals surface area contributed by atoms with Gasteiger partial charge < -0.3 is 10.1 Å². The molecule has 2 heterocycles. The number of ether oxygens (including phenoxy) is 1. The molecule has 0 bridgehead atoms. The summed E-state index contributed by atoms with van der Waals surface area (Å²) in [5, 5.41) is 2.97. The molecule has 1 N–H and O–H groups in total. The Morgan fingerprint density at radius 3 is 2.80 bits per heavy atom. The van der Waals surface area contributed by atoms with E-state index in [1.165, 1.54) is 28.5 Å². The van der Waals surface area contributed by atoms with Gasteiger partial charge in [0.15, 0.2) is 0 Å². The molecule has 6 nitrogen and oxygen atoms in total. The Kier molecular flexibility index (Phi) is 6.57. The van der Waals surface area contributed by atoms with Crippen molar-refractivity contribution in [1.29, 1.82) is 0 Å². The van der Waals surface area contributed by atoms with Crippen LogP contribution in [0.25, 0.3) is 0 Å². The van der Waals surface area contributed by atoms with Gasteiger partial charge in [-0.05, 0) is 68.4 Å². The topological polar surface area (TPSA) is 75.7 Å². The molecule has 2 fully saturated rings. The summed E-state index contributed by atoms with van der Waals surface area (Å²) in [5.41, 5.74) is 1.75. The molecule has 0 radical (unpaired) electrons. The first kappa shape index (κ1) is 21.5. The van der Waals surface area contributed by atoms with Gasteiger partial charge in [0.25, 0.3) is 10.0 Å². The van der Waals surface area contributed by atoms with Crippen molar-refractivity contribution < 1.29 is 17.9 Å². The Balaban J connectivity index is 1.36. The summed E-state index contributed by atoms with van der Waals surface area (Å²) >= 11 is 1.27. The van der Waals surface area contributed by atoms with Crippen LogP contribution in [0.1, 0.15) is 36.1 Å². The van der Waals surface area contributed by atoms with Gasteiger partial charge in [0.05, 0.1) is 12.5 Å². The van der Waals surface area contributed by atoms with Crippen molar-refractivity contribution in [3.05, 3.63) is 46.8 Å². The van der Waals surface area contributed by atoms with E-state index < -0.39 is 10.0 Å². The largest absolute Gasteiger partial charge is 0.376 e. The second-order valence-electron chi connectivity index (χ2n) is 8.22. The third-order valence-corrected chi connectivity index (χ3v) is 8.91. The van der Waals surface area contributed by atoms with Gasteiger partial charge in [0.1, 0.15) is 4.21 Å². The van der Waals surface area contributed by atoms with Crippen molar-refractivity contribution >= 4 is 33.0 Å². The van der Waals surface area contributed by atoms with Crippen LogP contribution in [0.2, 0.25) is 0 Å². The zero-order valence-electron chi connectivity index (χ0n) is 17.2. The molecule has 1 aliphatic heterocycles. The van der Waals surface area contributed by atoms with Crippen LogP contribution in [0.5, 0.6) is 0 Å². The summed E-state index contributed by atoms with van der Waals surface area (Å²) in [5.74, 6) is 0.231. The van der Waals surface area contributed by atoms with E-state index in [-0.39, 0.29) is 18.4 Å². The molecule has 1 saturated carbocycles. The van der Waals surface area contributed by atoms with Crippen molar-refractivity contribution in [3.63, 3.8) is 0 Å². The highest BCUT2D eigenvalue weighted by molar-refractivity contribution is 7.91. The fourth-order valence-electron chi connectivity index (χ4n) is 3.66. The van der Waals surface area contributed by atoms with Crippen LogP contribution >= 0.6 is 11.3 Å². The first-order valence-corrected chi connectivity index (χ1v) is 12.7. The number of sulfonamides is 1. The van der Waals surface area contributed by atoms with E-state index in [9.17, 15) is 13.2 Å². The molecule has 8 heteroatoms. The molecule has 1 atom stereocenters. The Labute approximate surface area is 182 Å². The van der Waals surface area contributed by atoms with E-state index in [0.717, 1.165) is 28.7 Å². The van der Waals surface area contributed by atoms with E-state index >= 15 is 0 Å². The number of aryl methyl sites for hydroxylation is 1. The zero-order chi connectivity index (χ0) is 21.1. The number of hydrogen-bond acceptors (Lipinski definition) is 5. The Morgan fingerprint density at radius 2 is 2.07 bits per heavy atom. The fraction of sp³-hybridized carbons (Fsp3) is 0.500. The number of carbonyl (C=O) groups excluding carboxylic acids is 1. The fourth-order valence-corrected chi connectivity index (χ4v) is 6.63. The van der Waals surface area contributed by atoms with E-state index in [0.29, 0.717) is 30.2 Å². The van der Waals surface area contributed by atoms with Gasteiger partial charge in [0.2, 0.25) is 5.91 Å². The lowest BCUT2D eigenvalue weighted by Crippen LogP contribution is -2.43. The van der Waals surface area contributed by atoms with Crippen LogP contribution in [0, 0.1) is 18.8 Å². The molecule has 1 saturated heterocycles. The number of rotatable bonds is 8. The van der Waals surface area contributed by atoms with E-state index in [1.807, 2.05) is 37.3 Å². The van der Waals surface area contributed by atoms with Gasteiger partial charge in [-0.1, -0.05) is 12.1 Å². The molecule has 162 valence electrons. The number of carbonyl (C=O) groups is 1. The van der Waals surface area contributed by atoms with Gasteiger partial charge in [-0.15, -0.1) is 11.3 Å². The van der Waals surface area contributed by atoms with Crippen LogP contribution in [0.3, 0.4) is 0 Å². The Hall–Kier alpha value is -1.74. The molecule has 0 spiro atoms. The lowest BCUT2D eigenvalue weighted by molar-refractivity contribution is -0.120. The van der Waals surface area contributed by atoms with Gasteiger partial charge in [-0.25, -0.2) is 8.42 Å². The average molecular weight is 449 g/mol. The van der Waals surface area contributed by atoms with Crippen molar-refractivity contribution in [1.82, 2.24) is 4.31 Å². The molecule has 2 aliphatic rings. The maximum absolute atomic E-state index is 12.9. The minimum atomic E-state index is -3.54. The lowest BCUT2D eigenvalue weighted by atomic mass is 9.98. The molecular formula is C22H28N2O4S2. The molecule has 30 heavy (non-hydrogen) atoms. The number of piperidine rings is 1. The third-order valence-electron chi connectivity index (χ3n) is 5.58. The number of thiophene rings is 1. The van der Waals surface area contributed by atoms with E-state index in [4.69, 9.17) is 4.74 Å². The highest BCUT2D eigenvalue weighted by Gasteiger charge is 2.34. The third kappa shape index (κ3) is 5.29. The minimum absolute atomic E-state index is 0.131. The number of amides is 1. The highest BCUT2D eigenvalue weighted by Crippen LogP contribution is 2.30. The number of hydrogen-bond donors (Lipinski definition) is 1. The molecule has 1 unspecified atom stereocenters. The van der Waals surface area contributed by atoms with Gasteiger partial charge in [0, 0.05) is 30.3 Å². The van der Waals surface area contributed by atoms with Crippen molar-refractivity contribution in [2.24, 2.45) is 11.8 Å². The molecule has 4 rings (SSSR count). The molecule has 1 amide bonds. The van der Waals surface area contributed by atoms with Crippen LogP contribution in [0.4, 0.5) is 5.69 Å². The first-order chi connectivity index (χ1) is 14.4. The Bertz CT molecular complexity index is 998. The van der Waals surface area contributed by atoms with Crippen LogP contribution < -0.4 is 5.32 Å². The quantitative estimate of drug-likeness (QED) is 0.662. The number of nitrogens with one attached hydrogen (secondary N) is 1. The predicted molar refractivity (Wildman–Crippen MR) is 118 cm³/mol. The Morgan fingerprint density at radius 1 is 1.23 bits per heavy atom. The number of benzene rings is 1. The van der Waals surface area contributed by atoms with Crippen LogP contribution in [0.15, 0.2) is 40.6 Å². The average Bonchev–Trinajstić information content (AvgIpc) is 3.45. The van der Waals surface area contributed by atoms with E-state index in [1.54, 1.807) is 6.07 Å². The highest BCUT2D eigenvalue weighted by atomic mass is 32.2. The first-order valence-electron chi connectivity index (χ1n) is 10.5. The zero-order valence-corrected chi connectivity index (χ0v) is 18.8. The SMILES string of the molecule is Cc1ccc(S(=O)(=O)N2CCCC(C(=O)Nc3cccc(COCC4CC4)c3)C2)s1. The smallest absolute Gasteiger partial charge is 0.252 e. The van der Waals surface area contributed by atoms with Crippen LogP contribution in [-0.4, -0.2) is 38.3 Å². The van der Waals surface area contributed by atoms with Crippen LogP contribution in [-0.2, 0) is 26.2 Å². The summed E-state index contributed by atoms with van der Waals surface area (Å²) in [6.45, 7) is 3.90. The number of anilines is 1.